The number of benzene rings is 2. The molecule has 1 saturated carbocycles. The fraction of sp³-hybridized carbons (Fsp3) is 0.391. The molecule has 31 heavy (non-hydrogen) atoms. The van der Waals surface area contributed by atoms with Gasteiger partial charge in [-0.15, -0.1) is 0 Å². The number of ketones is 1. The van der Waals surface area contributed by atoms with E-state index in [-0.39, 0.29) is 40.4 Å². The zero-order chi connectivity index (χ0) is 22.6. The van der Waals surface area contributed by atoms with E-state index in [9.17, 15) is 22.4 Å². The molecular formula is C23H27FN2O4S. The molecule has 0 saturated heterocycles. The molecule has 1 fully saturated rings. The van der Waals surface area contributed by atoms with Crippen LogP contribution in [0.2, 0.25) is 0 Å². The zero-order valence-electron chi connectivity index (χ0n) is 17.6. The summed E-state index contributed by atoms with van der Waals surface area (Å²) in [5.41, 5.74) is 1.28. The number of nitrogens with one attached hydrogen (secondary N) is 2. The van der Waals surface area contributed by atoms with Crippen LogP contribution in [-0.2, 0) is 14.8 Å². The van der Waals surface area contributed by atoms with Crippen LogP contribution in [0.4, 0.5) is 4.39 Å². The molecule has 0 spiro atoms. The summed E-state index contributed by atoms with van der Waals surface area (Å²) in [6.45, 7) is 3.28. The first kappa shape index (κ1) is 23.1. The first-order valence-corrected chi connectivity index (χ1v) is 11.8. The fourth-order valence-electron chi connectivity index (χ4n) is 3.80. The third-order valence-corrected chi connectivity index (χ3v) is 7.26. The Hall–Kier alpha value is -2.58. The first-order chi connectivity index (χ1) is 14.7. The molecule has 2 aromatic rings. The van der Waals surface area contributed by atoms with E-state index in [1.54, 1.807) is 12.1 Å². The predicted octanol–water partition coefficient (Wildman–Crippen LogP) is 3.74. The molecule has 2 aromatic carbocycles. The second kappa shape index (κ2) is 9.70. The predicted molar refractivity (Wildman–Crippen MR) is 115 cm³/mol. The average Bonchev–Trinajstić information content (AvgIpc) is 2.74. The molecule has 3 rings (SSSR count). The lowest BCUT2D eigenvalue weighted by Crippen LogP contribution is -2.41. The summed E-state index contributed by atoms with van der Waals surface area (Å²) < 4.78 is 41.0. The van der Waals surface area contributed by atoms with E-state index in [1.807, 2.05) is 6.92 Å². The molecule has 166 valence electrons. The Kier molecular flexibility index (Phi) is 7.23. The number of carbonyl (C=O) groups excluding carboxylic acids is 2. The van der Waals surface area contributed by atoms with Crippen molar-refractivity contribution in [2.45, 2.75) is 56.5 Å². The van der Waals surface area contributed by atoms with Gasteiger partial charge in [0, 0.05) is 17.5 Å². The van der Waals surface area contributed by atoms with E-state index < -0.39 is 10.0 Å². The van der Waals surface area contributed by atoms with E-state index in [0.717, 1.165) is 5.56 Å². The monoisotopic (exact) mass is 446 g/mol. The lowest BCUT2D eigenvalue weighted by Gasteiger charge is -2.29. The molecule has 1 amide bonds. The maximum atomic E-state index is 13.1. The smallest absolute Gasteiger partial charge is 0.240 e. The summed E-state index contributed by atoms with van der Waals surface area (Å²) in [5, 5.41) is 2.96. The van der Waals surface area contributed by atoms with Crippen molar-refractivity contribution in [2.75, 3.05) is 0 Å². The molecule has 0 bridgehead atoms. The van der Waals surface area contributed by atoms with Gasteiger partial charge in [0.25, 0.3) is 0 Å². The summed E-state index contributed by atoms with van der Waals surface area (Å²) in [6.07, 6.45) is 2.29. The van der Waals surface area contributed by atoms with E-state index in [1.165, 1.54) is 43.3 Å². The lowest BCUT2D eigenvalue weighted by molar-refractivity contribution is -0.126. The molecule has 1 aliphatic carbocycles. The van der Waals surface area contributed by atoms with E-state index in [0.29, 0.717) is 31.2 Å². The molecule has 0 aliphatic heterocycles. The van der Waals surface area contributed by atoms with Gasteiger partial charge in [0.1, 0.15) is 5.82 Å². The summed E-state index contributed by atoms with van der Waals surface area (Å²) in [6, 6.07) is 11.4. The molecule has 0 radical (unpaired) electrons. The molecular weight excluding hydrogens is 419 g/mol. The number of Topliss-reactive ketones (excluding diaryl/α,β-unsaturated/α-hetero) is 1. The van der Waals surface area contributed by atoms with Gasteiger partial charge in [0.2, 0.25) is 15.9 Å². The van der Waals surface area contributed by atoms with E-state index >= 15 is 0 Å². The van der Waals surface area contributed by atoms with Crippen LogP contribution in [0, 0.1) is 11.7 Å². The molecule has 0 unspecified atom stereocenters. The van der Waals surface area contributed by atoms with Gasteiger partial charge in [-0.3, -0.25) is 9.59 Å². The van der Waals surface area contributed by atoms with E-state index in [4.69, 9.17) is 0 Å². The highest BCUT2D eigenvalue weighted by molar-refractivity contribution is 7.89. The Balaban J connectivity index is 1.52. The van der Waals surface area contributed by atoms with Crippen molar-refractivity contribution in [3.8, 4) is 0 Å². The number of rotatable bonds is 7. The Labute approximate surface area is 182 Å². The van der Waals surface area contributed by atoms with Crippen LogP contribution >= 0.6 is 0 Å². The number of sulfonamides is 1. The van der Waals surface area contributed by atoms with Gasteiger partial charge in [0.05, 0.1) is 10.9 Å². The number of hydrogen-bond donors (Lipinski definition) is 2. The van der Waals surface area contributed by atoms with Gasteiger partial charge in [-0.1, -0.05) is 24.3 Å². The Morgan fingerprint density at radius 1 is 0.968 bits per heavy atom. The molecule has 8 heteroatoms. The van der Waals surface area contributed by atoms with Crippen molar-refractivity contribution in [1.82, 2.24) is 10.0 Å². The normalized spacial score (nSPS) is 20.1. The standard InChI is InChI=1S/C23H27FN2O4S/c1-15(17-3-9-20(24)10-4-17)25-23(28)19-5-11-21(12-6-19)26-31(29,30)22-13-7-18(8-14-22)16(2)27/h3-4,7-10,13-15,19,21,26H,5-6,11-12H2,1-2H3,(H,25,28)/t15-,19?,21?/m1/s1. The zero-order valence-corrected chi connectivity index (χ0v) is 18.4. The minimum atomic E-state index is -3.69. The van der Waals surface area contributed by atoms with Gasteiger partial charge >= 0.3 is 0 Å². The van der Waals surface area contributed by atoms with Crippen molar-refractivity contribution in [1.29, 1.82) is 0 Å². The van der Waals surface area contributed by atoms with Crippen molar-refractivity contribution in [3.63, 3.8) is 0 Å². The number of carbonyl (C=O) groups is 2. The lowest BCUT2D eigenvalue weighted by atomic mass is 9.85. The Morgan fingerprint density at radius 3 is 2.10 bits per heavy atom. The summed E-state index contributed by atoms with van der Waals surface area (Å²) >= 11 is 0. The summed E-state index contributed by atoms with van der Waals surface area (Å²) in [5.74, 6) is -0.698. The van der Waals surface area contributed by atoms with Crippen LogP contribution in [0.3, 0.4) is 0 Å². The second-order valence-electron chi connectivity index (χ2n) is 8.03. The SMILES string of the molecule is CC(=O)c1ccc(S(=O)(=O)NC2CCC(C(=O)N[C@H](C)c3ccc(F)cc3)CC2)cc1. The molecule has 6 nitrogen and oxygen atoms in total. The Bertz CT molecular complexity index is 1030. The number of halogens is 1. The first-order valence-electron chi connectivity index (χ1n) is 10.3. The van der Waals surface area contributed by atoms with Gasteiger partial charge in [-0.2, -0.15) is 0 Å². The molecule has 2 N–H and O–H groups in total. The fourth-order valence-corrected chi connectivity index (χ4v) is 5.10. The number of hydrogen-bond acceptors (Lipinski definition) is 4. The van der Waals surface area contributed by atoms with Gasteiger partial charge in [0.15, 0.2) is 5.78 Å². The molecule has 0 aromatic heterocycles. The number of amides is 1. The van der Waals surface area contributed by atoms with Crippen molar-refractivity contribution in [2.24, 2.45) is 5.92 Å². The maximum Gasteiger partial charge on any atom is 0.240 e. The topological polar surface area (TPSA) is 92.3 Å². The quantitative estimate of drug-likeness (QED) is 0.634. The van der Waals surface area contributed by atoms with E-state index in [2.05, 4.69) is 10.0 Å². The minimum absolute atomic E-state index is 0.0713. The third kappa shape index (κ3) is 5.98. The Morgan fingerprint density at radius 2 is 1.55 bits per heavy atom. The highest BCUT2D eigenvalue weighted by Gasteiger charge is 2.29. The molecule has 1 aliphatic rings. The largest absolute Gasteiger partial charge is 0.349 e. The highest BCUT2D eigenvalue weighted by atomic mass is 32.2. The summed E-state index contributed by atoms with van der Waals surface area (Å²) in [7, 11) is -3.69. The van der Waals surface area contributed by atoms with Crippen molar-refractivity contribution < 1.29 is 22.4 Å². The average molecular weight is 447 g/mol. The van der Waals surface area contributed by atoms with Crippen LogP contribution in [0.5, 0.6) is 0 Å². The minimum Gasteiger partial charge on any atom is -0.349 e. The van der Waals surface area contributed by atoms with Gasteiger partial charge in [-0.05, 0) is 69.4 Å². The van der Waals surface area contributed by atoms with Crippen LogP contribution in [-0.4, -0.2) is 26.2 Å². The van der Waals surface area contributed by atoms with Crippen LogP contribution < -0.4 is 10.0 Å². The van der Waals surface area contributed by atoms with Crippen LogP contribution in [0.1, 0.15) is 61.5 Å². The maximum absolute atomic E-state index is 13.1. The van der Waals surface area contributed by atoms with Gasteiger partial charge in [-0.25, -0.2) is 17.5 Å². The van der Waals surface area contributed by atoms with Crippen molar-refractivity contribution >= 4 is 21.7 Å². The molecule has 0 heterocycles. The van der Waals surface area contributed by atoms with Crippen LogP contribution in [0.15, 0.2) is 53.4 Å². The third-order valence-electron chi connectivity index (χ3n) is 5.72. The second-order valence-corrected chi connectivity index (χ2v) is 9.75. The van der Waals surface area contributed by atoms with Gasteiger partial charge < -0.3 is 5.32 Å². The summed E-state index contributed by atoms with van der Waals surface area (Å²) in [4.78, 5) is 24.1. The highest BCUT2D eigenvalue weighted by Crippen LogP contribution is 2.27. The van der Waals surface area contributed by atoms with Crippen LogP contribution in [0.25, 0.3) is 0 Å². The molecule has 1 atom stereocenters. The van der Waals surface area contributed by atoms with Crippen molar-refractivity contribution in [3.05, 3.63) is 65.5 Å².